The Bertz CT molecular complexity index is 397. The van der Waals surface area contributed by atoms with E-state index in [1.807, 2.05) is 30.3 Å². The van der Waals surface area contributed by atoms with Crippen LogP contribution < -0.4 is 0 Å². The van der Waals surface area contributed by atoms with E-state index in [4.69, 9.17) is 17.3 Å². The van der Waals surface area contributed by atoms with E-state index in [0.717, 1.165) is 5.56 Å². The first kappa shape index (κ1) is 11.1. The Balaban J connectivity index is 2.52. The van der Waals surface area contributed by atoms with E-state index in [2.05, 4.69) is 11.1 Å². The standard InChI is InChI=1S/C12H9O2Si/c1-3-15(4-2)14-12(13)10-11-8-6-5-7-9-11/h1-2,5-9H,10H2. The molecule has 0 heterocycles. The molecule has 0 aliphatic heterocycles. The first-order valence-corrected chi connectivity index (χ1v) is 5.72. The Morgan fingerprint density at radius 3 is 2.40 bits per heavy atom. The maximum Gasteiger partial charge on any atom is 0.468 e. The number of benzene rings is 1. The lowest BCUT2D eigenvalue weighted by Crippen LogP contribution is -2.20. The molecule has 0 saturated carbocycles. The van der Waals surface area contributed by atoms with Crippen LogP contribution >= 0.6 is 0 Å². The number of hydrogen-bond donors (Lipinski definition) is 0. The lowest BCUT2D eigenvalue weighted by molar-refractivity contribution is -0.133. The van der Waals surface area contributed by atoms with Gasteiger partial charge >= 0.3 is 9.04 Å². The summed E-state index contributed by atoms with van der Waals surface area (Å²) in [4.78, 5) is 11.4. The molecule has 0 spiro atoms. The van der Waals surface area contributed by atoms with Crippen LogP contribution in [-0.2, 0) is 15.6 Å². The maximum atomic E-state index is 11.4. The average molecular weight is 213 g/mol. The predicted molar refractivity (Wildman–Crippen MR) is 59.7 cm³/mol. The Labute approximate surface area is 91.0 Å². The number of terminal acetylenes is 2. The highest BCUT2D eigenvalue weighted by Crippen LogP contribution is 2.01. The van der Waals surface area contributed by atoms with Crippen LogP contribution in [0.15, 0.2) is 30.3 Å². The van der Waals surface area contributed by atoms with Crippen LogP contribution in [0.4, 0.5) is 0 Å². The summed E-state index contributed by atoms with van der Waals surface area (Å²) in [6.45, 7) is 0. The van der Waals surface area contributed by atoms with E-state index in [-0.39, 0.29) is 12.4 Å². The molecule has 73 valence electrons. The van der Waals surface area contributed by atoms with Crippen molar-refractivity contribution in [2.24, 2.45) is 0 Å². The van der Waals surface area contributed by atoms with Crippen LogP contribution in [0.2, 0.25) is 0 Å². The van der Waals surface area contributed by atoms with Crippen LogP contribution in [-0.4, -0.2) is 15.0 Å². The van der Waals surface area contributed by atoms with E-state index in [0.29, 0.717) is 0 Å². The van der Waals surface area contributed by atoms with Crippen molar-refractivity contribution in [3.63, 3.8) is 0 Å². The fraction of sp³-hybridized carbons (Fsp3) is 0.0833. The first-order valence-electron chi connectivity index (χ1n) is 4.31. The van der Waals surface area contributed by atoms with Gasteiger partial charge in [-0.05, 0) is 5.56 Å². The van der Waals surface area contributed by atoms with Crippen molar-refractivity contribution < 1.29 is 9.22 Å². The van der Waals surface area contributed by atoms with E-state index in [1.165, 1.54) is 0 Å². The van der Waals surface area contributed by atoms with E-state index >= 15 is 0 Å². The minimum atomic E-state index is -1.84. The third-order valence-corrected chi connectivity index (χ3v) is 2.63. The fourth-order valence-electron chi connectivity index (χ4n) is 1.01. The second-order valence-electron chi connectivity index (χ2n) is 2.75. The van der Waals surface area contributed by atoms with E-state index < -0.39 is 9.04 Å². The molecule has 0 atom stereocenters. The molecule has 1 aromatic carbocycles. The van der Waals surface area contributed by atoms with Gasteiger partial charge in [0.25, 0.3) is 5.97 Å². The molecule has 0 unspecified atom stereocenters. The Hall–Kier alpha value is -1.97. The molecular formula is C12H9O2Si. The van der Waals surface area contributed by atoms with Gasteiger partial charge in [-0.15, -0.1) is 12.8 Å². The molecule has 0 aromatic heterocycles. The molecule has 1 radical (unpaired) electrons. The lowest BCUT2D eigenvalue weighted by atomic mass is 10.2. The highest BCUT2D eigenvalue weighted by atomic mass is 28.3. The van der Waals surface area contributed by atoms with Crippen LogP contribution in [0, 0.1) is 23.9 Å². The summed E-state index contributed by atoms with van der Waals surface area (Å²) < 4.78 is 4.94. The predicted octanol–water partition coefficient (Wildman–Crippen LogP) is 1.11. The van der Waals surface area contributed by atoms with Gasteiger partial charge in [0.2, 0.25) is 0 Å². The van der Waals surface area contributed by atoms with Gasteiger partial charge in [-0.3, -0.25) is 4.79 Å². The average Bonchev–Trinajstić information content (AvgIpc) is 2.27. The van der Waals surface area contributed by atoms with Gasteiger partial charge in [0.15, 0.2) is 0 Å². The van der Waals surface area contributed by atoms with Gasteiger partial charge in [-0.25, -0.2) is 0 Å². The third-order valence-electron chi connectivity index (χ3n) is 1.67. The van der Waals surface area contributed by atoms with Crippen molar-refractivity contribution in [1.29, 1.82) is 0 Å². The summed E-state index contributed by atoms with van der Waals surface area (Å²) >= 11 is 0. The highest BCUT2D eigenvalue weighted by molar-refractivity contribution is 6.70. The molecule has 1 aromatic rings. The van der Waals surface area contributed by atoms with Crippen molar-refractivity contribution >= 4 is 15.0 Å². The summed E-state index contributed by atoms with van der Waals surface area (Å²) in [5, 5.41) is 0. The largest absolute Gasteiger partial charge is 0.494 e. The Morgan fingerprint density at radius 1 is 1.27 bits per heavy atom. The van der Waals surface area contributed by atoms with Gasteiger partial charge in [-0.2, -0.15) is 0 Å². The molecule has 0 bridgehead atoms. The Kier molecular flexibility index (Phi) is 4.21. The van der Waals surface area contributed by atoms with Gasteiger partial charge in [-0.1, -0.05) is 41.4 Å². The van der Waals surface area contributed by atoms with E-state index in [9.17, 15) is 4.79 Å². The number of hydrogen-bond acceptors (Lipinski definition) is 2. The van der Waals surface area contributed by atoms with E-state index in [1.54, 1.807) is 0 Å². The molecule has 0 fully saturated rings. The van der Waals surface area contributed by atoms with Crippen LogP contribution in [0.1, 0.15) is 5.56 Å². The fourth-order valence-corrected chi connectivity index (χ4v) is 1.51. The van der Waals surface area contributed by atoms with Crippen LogP contribution in [0.3, 0.4) is 0 Å². The van der Waals surface area contributed by atoms with Crippen LogP contribution in [0.5, 0.6) is 0 Å². The zero-order valence-corrected chi connectivity index (χ0v) is 9.07. The SMILES string of the molecule is C#C[Si](C#C)OC(=O)Cc1ccccc1. The minimum absolute atomic E-state index is 0.207. The molecule has 2 nitrogen and oxygen atoms in total. The smallest absolute Gasteiger partial charge is 0.468 e. The number of carbonyl (C=O) groups is 1. The van der Waals surface area contributed by atoms with Crippen LogP contribution in [0.25, 0.3) is 0 Å². The number of carbonyl (C=O) groups excluding carboxylic acids is 1. The van der Waals surface area contributed by atoms with Gasteiger partial charge in [0.1, 0.15) is 0 Å². The zero-order chi connectivity index (χ0) is 11.1. The van der Waals surface area contributed by atoms with Crippen molar-refractivity contribution in [2.75, 3.05) is 0 Å². The van der Waals surface area contributed by atoms with Crippen molar-refractivity contribution in [3.05, 3.63) is 35.9 Å². The monoisotopic (exact) mass is 213 g/mol. The molecule has 0 aliphatic rings. The molecule has 3 heteroatoms. The quantitative estimate of drug-likeness (QED) is 0.555. The Morgan fingerprint density at radius 2 is 1.87 bits per heavy atom. The molecular weight excluding hydrogens is 204 g/mol. The third kappa shape index (κ3) is 3.72. The van der Waals surface area contributed by atoms with Gasteiger partial charge < -0.3 is 4.43 Å². The maximum absolute atomic E-state index is 11.4. The molecule has 0 N–H and O–H groups in total. The van der Waals surface area contributed by atoms with Crippen molar-refractivity contribution in [3.8, 4) is 23.9 Å². The summed E-state index contributed by atoms with van der Waals surface area (Å²) in [6.07, 6.45) is 10.4. The van der Waals surface area contributed by atoms with Gasteiger partial charge in [0.05, 0.1) is 6.42 Å². The molecule has 0 saturated heterocycles. The molecule has 15 heavy (non-hydrogen) atoms. The second-order valence-corrected chi connectivity index (χ2v) is 4.19. The lowest BCUT2D eigenvalue weighted by Gasteiger charge is -2.04. The minimum Gasteiger partial charge on any atom is -0.494 e. The highest BCUT2D eigenvalue weighted by Gasteiger charge is 2.13. The van der Waals surface area contributed by atoms with Crippen molar-refractivity contribution in [2.45, 2.75) is 6.42 Å². The second kappa shape index (κ2) is 5.69. The van der Waals surface area contributed by atoms with Gasteiger partial charge in [0, 0.05) is 0 Å². The zero-order valence-electron chi connectivity index (χ0n) is 8.07. The summed E-state index contributed by atoms with van der Waals surface area (Å²) in [5.41, 5.74) is 5.47. The normalized spacial score (nSPS) is 9.00. The van der Waals surface area contributed by atoms with Crippen molar-refractivity contribution in [1.82, 2.24) is 0 Å². The summed E-state index contributed by atoms with van der Waals surface area (Å²) in [5.74, 6) is -0.369. The summed E-state index contributed by atoms with van der Waals surface area (Å²) in [6, 6.07) is 9.29. The summed E-state index contributed by atoms with van der Waals surface area (Å²) in [7, 11) is -1.84. The molecule has 0 amide bonds. The first-order chi connectivity index (χ1) is 7.26. The molecule has 1 rings (SSSR count). The molecule has 0 aliphatic carbocycles. The topological polar surface area (TPSA) is 26.3 Å². The number of rotatable bonds is 3.